The lowest BCUT2D eigenvalue weighted by Crippen LogP contribution is -2.13. The third-order valence-corrected chi connectivity index (χ3v) is 3.19. The van der Waals surface area contributed by atoms with E-state index >= 15 is 0 Å². The van der Waals surface area contributed by atoms with Crippen molar-refractivity contribution in [3.63, 3.8) is 0 Å². The van der Waals surface area contributed by atoms with E-state index in [-0.39, 0.29) is 18.6 Å². The summed E-state index contributed by atoms with van der Waals surface area (Å²) in [5.41, 5.74) is 9.16. The Hall–Kier alpha value is -2.15. The van der Waals surface area contributed by atoms with Gasteiger partial charge in [-0.2, -0.15) is 9.97 Å². The molecule has 1 aliphatic carbocycles. The minimum absolute atomic E-state index is 0.0301. The summed E-state index contributed by atoms with van der Waals surface area (Å²) >= 11 is 0. The summed E-state index contributed by atoms with van der Waals surface area (Å²) in [5.74, 6) is 0.819. The molecule has 1 aliphatic rings. The fourth-order valence-electron chi connectivity index (χ4n) is 2.20. The molecule has 1 fully saturated rings. The molecule has 20 heavy (non-hydrogen) atoms. The van der Waals surface area contributed by atoms with Crippen LogP contribution < -0.4 is 11.1 Å². The minimum atomic E-state index is -0.0301. The molecule has 0 radical (unpaired) electrons. The van der Waals surface area contributed by atoms with Crippen LogP contribution in [0.1, 0.15) is 26.7 Å². The lowest BCUT2D eigenvalue weighted by atomic mass is 10.3. The zero-order valence-electron chi connectivity index (χ0n) is 11.6. The van der Waals surface area contributed by atoms with Gasteiger partial charge in [-0.25, -0.2) is 4.98 Å². The van der Waals surface area contributed by atoms with Gasteiger partial charge in [0.15, 0.2) is 17.0 Å². The Labute approximate surface area is 116 Å². The SMILES string of the molecule is CC(C)Nc1nc(N)nc2c1ncn2C(CO)=C1CC1. The molecular formula is C13H18N6O. The van der Waals surface area contributed by atoms with Gasteiger partial charge >= 0.3 is 0 Å². The molecule has 0 saturated heterocycles. The summed E-state index contributed by atoms with van der Waals surface area (Å²) in [4.78, 5) is 12.8. The maximum absolute atomic E-state index is 9.55. The highest BCUT2D eigenvalue weighted by Crippen LogP contribution is 2.35. The van der Waals surface area contributed by atoms with Gasteiger partial charge in [0.05, 0.1) is 12.3 Å². The number of aromatic nitrogens is 4. The Morgan fingerprint density at radius 3 is 2.80 bits per heavy atom. The number of hydrogen-bond acceptors (Lipinski definition) is 6. The van der Waals surface area contributed by atoms with Crippen LogP contribution in [-0.2, 0) is 0 Å². The standard InChI is InChI=1S/C13H18N6O/c1-7(2)16-11-10-12(18-13(14)17-11)19(6-15-10)9(5-20)8-3-4-8/h6-7,20H,3-5H2,1-2H3,(H3,14,16,17,18). The first kappa shape index (κ1) is 12.9. The van der Waals surface area contributed by atoms with Crippen molar-refractivity contribution >= 4 is 28.6 Å². The average molecular weight is 274 g/mol. The van der Waals surface area contributed by atoms with Gasteiger partial charge in [-0.05, 0) is 32.3 Å². The lowest BCUT2D eigenvalue weighted by molar-refractivity contribution is 0.344. The molecule has 106 valence electrons. The van der Waals surface area contributed by atoms with Crippen molar-refractivity contribution in [3.05, 3.63) is 11.9 Å². The van der Waals surface area contributed by atoms with E-state index < -0.39 is 0 Å². The zero-order chi connectivity index (χ0) is 14.3. The molecule has 2 aromatic heterocycles. The molecule has 0 aliphatic heterocycles. The van der Waals surface area contributed by atoms with Crippen molar-refractivity contribution < 1.29 is 5.11 Å². The van der Waals surface area contributed by atoms with Crippen LogP contribution in [0.15, 0.2) is 11.9 Å². The number of rotatable bonds is 4. The summed E-state index contributed by atoms with van der Waals surface area (Å²) in [6, 6.07) is 0.219. The van der Waals surface area contributed by atoms with Crippen molar-refractivity contribution in [2.24, 2.45) is 0 Å². The van der Waals surface area contributed by atoms with Gasteiger partial charge in [0.2, 0.25) is 5.95 Å². The van der Waals surface area contributed by atoms with Crippen LogP contribution in [0, 0.1) is 0 Å². The molecule has 7 nitrogen and oxygen atoms in total. The van der Waals surface area contributed by atoms with Crippen LogP contribution in [0.2, 0.25) is 0 Å². The van der Waals surface area contributed by atoms with Gasteiger partial charge in [0.1, 0.15) is 6.33 Å². The van der Waals surface area contributed by atoms with Crippen molar-refractivity contribution in [2.75, 3.05) is 17.7 Å². The molecular weight excluding hydrogens is 256 g/mol. The van der Waals surface area contributed by atoms with E-state index in [4.69, 9.17) is 5.73 Å². The Bertz CT molecular complexity index is 681. The Balaban J connectivity index is 2.17. The fraction of sp³-hybridized carbons (Fsp3) is 0.462. The lowest BCUT2D eigenvalue weighted by Gasteiger charge is -2.11. The summed E-state index contributed by atoms with van der Waals surface area (Å²) in [5, 5.41) is 12.8. The van der Waals surface area contributed by atoms with Gasteiger partial charge in [0.25, 0.3) is 0 Å². The predicted octanol–water partition coefficient (Wildman–Crippen LogP) is 1.23. The number of nitrogens with one attached hydrogen (secondary N) is 1. The van der Waals surface area contributed by atoms with Crippen LogP contribution in [0.4, 0.5) is 11.8 Å². The second kappa shape index (κ2) is 4.75. The van der Waals surface area contributed by atoms with Crippen molar-refractivity contribution in [1.29, 1.82) is 0 Å². The molecule has 0 spiro atoms. The Morgan fingerprint density at radius 2 is 2.20 bits per heavy atom. The number of fused-ring (bicyclic) bond motifs is 1. The largest absolute Gasteiger partial charge is 0.390 e. The molecule has 4 N–H and O–H groups in total. The van der Waals surface area contributed by atoms with E-state index in [9.17, 15) is 5.11 Å². The number of allylic oxidation sites excluding steroid dienone is 1. The van der Waals surface area contributed by atoms with Crippen LogP contribution in [0.25, 0.3) is 16.9 Å². The number of nitrogens with two attached hydrogens (primary N) is 1. The highest BCUT2D eigenvalue weighted by atomic mass is 16.3. The number of hydrogen-bond donors (Lipinski definition) is 3. The monoisotopic (exact) mass is 274 g/mol. The predicted molar refractivity (Wildman–Crippen MR) is 78.0 cm³/mol. The zero-order valence-corrected chi connectivity index (χ0v) is 11.6. The first-order chi connectivity index (χ1) is 9.60. The molecule has 0 atom stereocenters. The molecule has 1 saturated carbocycles. The van der Waals surface area contributed by atoms with Crippen molar-refractivity contribution in [3.8, 4) is 0 Å². The van der Waals surface area contributed by atoms with E-state index in [0.717, 1.165) is 18.5 Å². The number of anilines is 2. The minimum Gasteiger partial charge on any atom is -0.390 e. The van der Waals surface area contributed by atoms with Gasteiger partial charge < -0.3 is 16.2 Å². The van der Waals surface area contributed by atoms with E-state index in [1.165, 1.54) is 5.57 Å². The van der Waals surface area contributed by atoms with Crippen LogP contribution in [-0.4, -0.2) is 37.3 Å². The van der Waals surface area contributed by atoms with Gasteiger partial charge in [-0.1, -0.05) is 0 Å². The summed E-state index contributed by atoms with van der Waals surface area (Å²) in [6.45, 7) is 4.01. The molecule has 3 rings (SSSR count). The summed E-state index contributed by atoms with van der Waals surface area (Å²) in [7, 11) is 0. The third-order valence-electron chi connectivity index (χ3n) is 3.19. The van der Waals surface area contributed by atoms with Crippen molar-refractivity contribution in [1.82, 2.24) is 19.5 Å². The highest BCUT2D eigenvalue weighted by Gasteiger charge is 2.21. The van der Waals surface area contributed by atoms with E-state index in [0.29, 0.717) is 17.0 Å². The summed E-state index contributed by atoms with van der Waals surface area (Å²) < 4.78 is 1.81. The van der Waals surface area contributed by atoms with E-state index in [1.54, 1.807) is 10.9 Å². The van der Waals surface area contributed by atoms with Crippen LogP contribution in [0.3, 0.4) is 0 Å². The first-order valence-corrected chi connectivity index (χ1v) is 6.69. The highest BCUT2D eigenvalue weighted by molar-refractivity contribution is 5.86. The Kier molecular flexibility index (Phi) is 3.06. The topological polar surface area (TPSA) is 102 Å². The number of imidazole rings is 1. The molecule has 2 heterocycles. The number of nitrogen functional groups attached to an aromatic ring is 1. The maximum Gasteiger partial charge on any atom is 0.224 e. The molecule has 0 bridgehead atoms. The average Bonchev–Trinajstić information content (AvgIpc) is 3.12. The number of nitrogens with zero attached hydrogens (tertiary/aromatic N) is 4. The molecule has 2 aromatic rings. The van der Waals surface area contributed by atoms with Crippen molar-refractivity contribution in [2.45, 2.75) is 32.7 Å². The molecule has 0 aromatic carbocycles. The fourth-order valence-corrected chi connectivity index (χ4v) is 2.20. The first-order valence-electron chi connectivity index (χ1n) is 6.69. The van der Waals surface area contributed by atoms with Gasteiger partial charge in [-0.3, -0.25) is 4.57 Å². The number of aliphatic hydroxyl groups excluding tert-OH is 1. The third kappa shape index (κ3) is 2.20. The van der Waals surface area contributed by atoms with E-state index in [2.05, 4.69) is 20.3 Å². The molecule has 7 heteroatoms. The van der Waals surface area contributed by atoms with Gasteiger partial charge in [0, 0.05) is 6.04 Å². The quantitative estimate of drug-likeness (QED) is 0.775. The second-order valence-electron chi connectivity index (χ2n) is 5.22. The van der Waals surface area contributed by atoms with Crippen LogP contribution in [0.5, 0.6) is 0 Å². The number of aliphatic hydroxyl groups is 1. The molecule has 0 amide bonds. The smallest absolute Gasteiger partial charge is 0.224 e. The van der Waals surface area contributed by atoms with Crippen LogP contribution >= 0.6 is 0 Å². The summed E-state index contributed by atoms with van der Waals surface area (Å²) in [6.07, 6.45) is 3.71. The normalized spacial score (nSPS) is 14.1. The molecule has 0 unspecified atom stereocenters. The van der Waals surface area contributed by atoms with Gasteiger partial charge in [-0.15, -0.1) is 0 Å². The van der Waals surface area contributed by atoms with E-state index in [1.807, 2.05) is 13.8 Å². The second-order valence-corrected chi connectivity index (χ2v) is 5.22. The maximum atomic E-state index is 9.55. The Morgan fingerprint density at radius 1 is 1.45 bits per heavy atom.